The summed E-state index contributed by atoms with van der Waals surface area (Å²) >= 11 is 0. The van der Waals surface area contributed by atoms with Gasteiger partial charge in [-0.3, -0.25) is 4.68 Å². The van der Waals surface area contributed by atoms with Crippen LogP contribution in [0.25, 0.3) is 0 Å². The van der Waals surface area contributed by atoms with Crippen LogP contribution in [0.2, 0.25) is 0 Å². The monoisotopic (exact) mass is 366 g/mol. The Bertz CT molecular complexity index is 718. The molecule has 2 aliphatic rings. The molecule has 0 bridgehead atoms. The van der Waals surface area contributed by atoms with Crippen molar-refractivity contribution in [3.63, 3.8) is 0 Å². The minimum atomic E-state index is -3.50. The molecular formula is C17H26N4O3S. The summed E-state index contributed by atoms with van der Waals surface area (Å²) in [6, 6.07) is 2.08. The maximum Gasteiger partial charge on any atom is 0.215 e. The molecule has 0 N–H and O–H groups in total. The highest BCUT2D eigenvalue weighted by atomic mass is 32.2. The number of nitrogens with zero attached hydrogens (tertiary/aromatic N) is 4. The maximum absolute atomic E-state index is 13.1. The predicted octanol–water partition coefficient (Wildman–Crippen LogP) is 1.84. The number of sulfonamides is 1. The van der Waals surface area contributed by atoms with Gasteiger partial charge in [-0.05, 0) is 31.6 Å². The van der Waals surface area contributed by atoms with E-state index in [1.54, 1.807) is 15.2 Å². The molecule has 2 atom stereocenters. The van der Waals surface area contributed by atoms with E-state index in [1.165, 1.54) is 0 Å². The number of piperidine rings is 1. The molecular weight excluding hydrogens is 340 g/mol. The maximum atomic E-state index is 13.1. The first-order valence-corrected chi connectivity index (χ1v) is 10.6. The SMILES string of the molecule is Cn1cc(C2CCCCN2S(=O)(=O)CC(C#N)C2CCOCC2)cn1. The van der Waals surface area contributed by atoms with Gasteiger partial charge in [-0.25, -0.2) is 8.42 Å². The number of rotatable bonds is 5. The van der Waals surface area contributed by atoms with Crippen molar-refractivity contribution >= 4 is 10.0 Å². The first-order valence-electron chi connectivity index (χ1n) is 8.96. The lowest BCUT2D eigenvalue weighted by Crippen LogP contribution is -2.42. The molecule has 7 nitrogen and oxygen atoms in total. The summed E-state index contributed by atoms with van der Waals surface area (Å²) in [7, 11) is -1.66. The van der Waals surface area contributed by atoms with Crippen molar-refractivity contribution < 1.29 is 13.2 Å². The van der Waals surface area contributed by atoms with Crippen LogP contribution in [0.1, 0.15) is 43.7 Å². The van der Waals surface area contributed by atoms with Gasteiger partial charge in [-0.15, -0.1) is 0 Å². The van der Waals surface area contributed by atoms with Crippen LogP contribution in [0.3, 0.4) is 0 Å². The summed E-state index contributed by atoms with van der Waals surface area (Å²) < 4.78 is 34.9. The van der Waals surface area contributed by atoms with Gasteiger partial charge in [0.25, 0.3) is 0 Å². The van der Waals surface area contributed by atoms with Crippen LogP contribution in [0.15, 0.2) is 12.4 Å². The average Bonchev–Trinajstić information content (AvgIpc) is 3.07. The van der Waals surface area contributed by atoms with Gasteiger partial charge in [-0.1, -0.05) is 6.42 Å². The minimum absolute atomic E-state index is 0.0923. The minimum Gasteiger partial charge on any atom is -0.381 e. The molecule has 0 spiro atoms. The van der Waals surface area contributed by atoms with Crippen molar-refractivity contribution in [2.24, 2.45) is 18.9 Å². The number of aryl methyl sites for hydroxylation is 1. The van der Waals surface area contributed by atoms with E-state index < -0.39 is 15.9 Å². The smallest absolute Gasteiger partial charge is 0.215 e. The van der Waals surface area contributed by atoms with E-state index in [-0.39, 0.29) is 17.7 Å². The fourth-order valence-corrected chi connectivity index (χ4v) is 5.92. The fraction of sp³-hybridized carbons (Fsp3) is 0.765. The molecule has 0 aliphatic carbocycles. The first kappa shape index (κ1) is 18.4. The summed E-state index contributed by atoms with van der Waals surface area (Å²) in [6.45, 7) is 1.75. The molecule has 0 saturated carbocycles. The average molecular weight is 366 g/mol. The van der Waals surface area contributed by atoms with E-state index in [0.29, 0.717) is 19.8 Å². The molecule has 2 saturated heterocycles. The Labute approximate surface area is 149 Å². The third-order valence-electron chi connectivity index (χ3n) is 5.31. The lowest BCUT2D eigenvalue weighted by Gasteiger charge is -2.35. The molecule has 3 rings (SSSR count). The van der Waals surface area contributed by atoms with Crippen molar-refractivity contribution in [3.05, 3.63) is 18.0 Å². The Morgan fingerprint density at radius 2 is 2.12 bits per heavy atom. The quantitative estimate of drug-likeness (QED) is 0.793. The summed E-state index contributed by atoms with van der Waals surface area (Å²) in [5.74, 6) is -0.453. The van der Waals surface area contributed by atoms with E-state index >= 15 is 0 Å². The van der Waals surface area contributed by atoms with Crippen LogP contribution in [-0.4, -0.2) is 48.0 Å². The van der Waals surface area contributed by atoms with Gasteiger partial charge in [0.05, 0.1) is 30.0 Å². The molecule has 2 fully saturated rings. The van der Waals surface area contributed by atoms with Gasteiger partial charge in [0.2, 0.25) is 10.0 Å². The zero-order chi connectivity index (χ0) is 17.9. The Kier molecular flexibility index (Phi) is 5.77. The molecule has 0 radical (unpaired) electrons. The molecule has 25 heavy (non-hydrogen) atoms. The van der Waals surface area contributed by atoms with Gasteiger partial charge >= 0.3 is 0 Å². The molecule has 0 aromatic carbocycles. The van der Waals surface area contributed by atoms with Crippen molar-refractivity contribution in [1.82, 2.24) is 14.1 Å². The summed E-state index contributed by atoms with van der Waals surface area (Å²) in [5, 5.41) is 13.7. The van der Waals surface area contributed by atoms with E-state index in [2.05, 4.69) is 11.2 Å². The normalized spacial score (nSPS) is 24.7. The number of aromatic nitrogens is 2. The predicted molar refractivity (Wildman–Crippen MR) is 92.9 cm³/mol. The van der Waals surface area contributed by atoms with Crippen LogP contribution >= 0.6 is 0 Å². The van der Waals surface area contributed by atoms with Gasteiger partial charge in [0.1, 0.15) is 0 Å². The van der Waals surface area contributed by atoms with Crippen molar-refractivity contribution in [2.75, 3.05) is 25.5 Å². The zero-order valence-corrected chi connectivity index (χ0v) is 15.5. The van der Waals surface area contributed by atoms with Gasteiger partial charge < -0.3 is 4.74 Å². The van der Waals surface area contributed by atoms with Gasteiger partial charge in [0.15, 0.2) is 0 Å². The number of ether oxygens (including phenoxy) is 1. The van der Waals surface area contributed by atoms with Crippen molar-refractivity contribution in [2.45, 2.75) is 38.1 Å². The van der Waals surface area contributed by atoms with Crippen LogP contribution in [-0.2, 0) is 21.8 Å². The molecule has 138 valence electrons. The van der Waals surface area contributed by atoms with Crippen LogP contribution in [0.4, 0.5) is 0 Å². The second-order valence-corrected chi connectivity index (χ2v) is 9.00. The second-order valence-electron chi connectivity index (χ2n) is 7.03. The van der Waals surface area contributed by atoms with E-state index in [1.807, 2.05) is 13.2 Å². The highest BCUT2D eigenvalue weighted by molar-refractivity contribution is 7.89. The molecule has 3 heterocycles. The highest BCUT2D eigenvalue weighted by Gasteiger charge is 2.37. The number of nitriles is 1. The Balaban J connectivity index is 1.77. The molecule has 1 aromatic rings. The fourth-order valence-electron chi connectivity index (χ4n) is 3.90. The van der Waals surface area contributed by atoms with E-state index in [9.17, 15) is 13.7 Å². The van der Waals surface area contributed by atoms with Crippen molar-refractivity contribution in [3.8, 4) is 6.07 Å². The first-order chi connectivity index (χ1) is 12.0. The number of hydrogen-bond acceptors (Lipinski definition) is 5. The van der Waals surface area contributed by atoms with E-state index in [0.717, 1.165) is 37.7 Å². The summed E-state index contributed by atoms with van der Waals surface area (Å²) in [5.41, 5.74) is 0.936. The Morgan fingerprint density at radius 1 is 1.36 bits per heavy atom. The summed E-state index contributed by atoms with van der Waals surface area (Å²) in [4.78, 5) is 0. The Hall–Kier alpha value is -1.43. The van der Waals surface area contributed by atoms with Gasteiger partial charge in [-0.2, -0.15) is 14.7 Å². The van der Waals surface area contributed by atoms with E-state index in [4.69, 9.17) is 4.74 Å². The number of hydrogen-bond donors (Lipinski definition) is 0. The molecule has 0 amide bonds. The second kappa shape index (κ2) is 7.85. The lowest BCUT2D eigenvalue weighted by molar-refractivity contribution is 0.0570. The van der Waals surface area contributed by atoms with Gasteiger partial charge in [0, 0.05) is 38.6 Å². The highest BCUT2D eigenvalue weighted by Crippen LogP contribution is 2.34. The molecule has 8 heteroatoms. The third-order valence-corrected chi connectivity index (χ3v) is 7.24. The molecule has 1 aromatic heterocycles. The third kappa shape index (κ3) is 4.22. The van der Waals surface area contributed by atoms with Crippen LogP contribution in [0.5, 0.6) is 0 Å². The Morgan fingerprint density at radius 3 is 2.76 bits per heavy atom. The van der Waals surface area contributed by atoms with Crippen LogP contribution < -0.4 is 0 Å². The standard InChI is InChI=1S/C17H26N4O3S/c1-20-12-16(11-19-20)17-4-2-3-7-21(17)25(22,23)13-15(10-18)14-5-8-24-9-6-14/h11-12,14-15,17H,2-9,13H2,1H3. The summed E-state index contributed by atoms with van der Waals surface area (Å²) in [6.07, 6.45) is 7.84. The van der Waals surface area contributed by atoms with Crippen LogP contribution in [0, 0.1) is 23.2 Å². The molecule has 2 unspecified atom stereocenters. The lowest BCUT2D eigenvalue weighted by atomic mass is 9.88. The molecule has 2 aliphatic heterocycles. The topological polar surface area (TPSA) is 88.2 Å². The largest absolute Gasteiger partial charge is 0.381 e. The zero-order valence-electron chi connectivity index (χ0n) is 14.7. The van der Waals surface area contributed by atoms with Crippen molar-refractivity contribution in [1.29, 1.82) is 5.26 Å².